The Morgan fingerprint density at radius 1 is 1.28 bits per heavy atom. The highest BCUT2D eigenvalue weighted by atomic mass is 16.5. The molecule has 1 aromatic carbocycles. The minimum absolute atomic E-state index is 0.287. The van der Waals surface area contributed by atoms with Gasteiger partial charge in [0.15, 0.2) is 0 Å². The third-order valence-electron chi connectivity index (χ3n) is 3.03. The van der Waals surface area contributed by atoms with Crippen LogP contribution in [0.4, 0.5) is 0 Å². The SMILES string of the molecule is COCCCc1c(C(=O)OC)ccc2[nH]ccc12. The Bertz CT molecular complexity index is 545. The van der Waals surface area contributed by atoms with Gasteiger partial charge in [0, 0.05) is 30.8 Å². The summed E-state index contributed by atoms with van der Waals surface area (Å²) in [4.78, 5) is 14.9. The van der Waals surface area contributed by atoms with Crippen LogP contribution < -0.4 is 0 Å². The summed E-state index contributed by atoms with van der Waals surface area (Å²) in [7, 11) is 3.08. The first kappa shape index (κ1) is 12.6. The molecule has 0 saturated carbocycles. The molecule has 1 aromatic heterocycles. The zero-order valence-electron chi connectivity index (χ0n) is 10.7. The molecule has 0 bridgehead atoms. The van der Waals surface area contributed by atoms with E-state index in [1.54, 1.807) is 7.11 Å². The molecule has 0 spiro atoms. The molecule has 2 rings (SSSR count). The van der Waals surface area contributed by atoms with E-state index in [0.29, 0.717) is 12.2 Å². The van der Waals surface area contributed by atoms with Crippen LogP contribution in [-0.2, 0) is 15.9 Å². The minimum atomic E-state index is -0.287. The Morgan fingerprint density at radius 2 is 2.11 bits per heavy atom. The number of benzene rings is 1. The summed E-state index contributed by atoms with van der Waals surface area (Å²) in [6.07, 6.45) is 3.56. The number of esters is 1. The van der Waals surface area contributed by atoms with E-state index in [1.807, 2.05) is 24.4 Å². The first-order valence-electron chi connectivity index (χ1n) is 5.94. The summed E-state index contributed by atoms with van der Waals surface area (Å²) in [6, 6.07) is 5.71. The molecule has 0 aliphatic carbocycles. The molecule has 0 saturated heterocycles. The standard InChI is InChI=1S/C14H17NO3/c1-17-9-3-4-10-11-7-8-15-13(11)6-5-12(10)14(16)18-2/h5-8,15H,3-4,9H2,1-2H3. The van der Waals surface area contributed by atoms with E-state index in [2.05, 4.69) is 4.98 Å². The molecule has 96 valence electrons. The number of ether oxygens (including phenoxy) is 2. The van der Waals surface area contributed by atoms with Crippen molar-refractivity contribution >= 4 is 16.9 Å². The van der Waals surface area contributed by atoms with Crippen LogP contribution in [-0.4, -0.2) is 31.8 Å². The fraction of sp³-hybridized carbons (Fsp3) is 0.357. The normalized spacial score (nSPS) is 10.8. The van der Waals surface area contributed by atoms with Crippen LogP contribution in [0.1, 0.15) is 22.3 Å². The minimum Gasteiger partial charge on any atom is -0.465 e. The summed E-state index contributed by atoms with van der Waals surface area (Å²) in [6.45, 7) is 0.682. The Labute approximate surface area is 106 Å². The number of aryl methyl sites for hydroxylation is 1. The average Bonchev–Trinajstić information content (AvgIpc) is 2.86. The number of hydrogen-bond acceptors (Lipinski definition) is 3. The topological polar surface area (TPSA) is 51.3 Å². The molecule has 1 heterocycles. The zero-order chi connectivity index (χ0) is 13.0. The summed E-state index contributed by atoms with van der Waals surface area (Å²) in [5.74, 6) is -0.287. The van der Waals surface area contributed by atoms with E-state index in [4.69, 9.17) is 9.47 Å². The Morgan fingerprint density at radius 3 is 2.83 bits per heavy atom. The van der Waals surface area contributed by atoms with E-state index in [9.17, 15) is 4.79 Å². The maximum absolute atomic E-state index is 11.8. The van der Waals surface area contributed by atoms with Crippen molar-refractivity contribution in [2.75, 3.05) is 20.8 Å². The number of aromatic amines is 1. The molecule has 0 atom stereocenters. The predicted octanol–water partition coefficient (Wildman–Crippen LogP) is 2.53. The quantitative estimate of drug-likeness (QED) is 0.652. The summed E-state index contributed by atoms with van der Waals surface area (Å²) < 4.78 is 9.89. The van der Waals surface area contributed by atoms with Crippen LogP contribution in [0, 0.1) is 0 Å². The highest BCUT2D eigenvalue weighted by molar-refractivity contribution is 5.97. The number of aromatic nitrogens is 1. The molecular weight excluding hydrogens is 230 g/mol. The number of hydrogen-bond donors (Lipinski definition) is 1. The third kappa shape index (κ3) is 2.38. The lowest BCUT2D eigenvalue weighted by Crippen LogP contribution is -2.07. The average molecular weight is 247 g/mol. The predicted molar refractivity (Wildman–Crippen MR) is 69.8 cm³/mol. The van der Waals surface area contributed by atoms with Crippen LogP contribution in [0.15, 0.2) is 24.4 Å². The van der Waals surface area contributed by atoms with E-state index < -0.39 is 0 Å². The van der Waals surface area contributed by atoms with Gasteiger partial charge in [0.1, 0.15) is 0 Å². The second kappa shape index (κ2) is 5.69. The van der Waals surface area contributed by atoms with Gasteiger partial charge in [-0.05, 0) is 36.6 Å². The highest BCUT2D eigenvalue weighted by Gasteiger charge is 2.14. The van der Waals surface area contributed by atoms with E-state index in [-0.39, 0.29) is 5.97 Å². The van der Waals surface area contributed by atoms with Crippen LogP contribution in [0.25, 0.3) is 10.9 Å². The van der Waals surface area contributed by atoms with Gasteiger partial charge in [-0.2, -0.15) is 0 Å². The lowest BCUT2D eigenvalue weighted by atomic mass is 9.99. The molecule has 1 N–H and O–H groups in total. The van der Waals surface area contributed by atoms with Gasteiger partial charge in [0.25, 0.3) is 0 Å². The number of fused-ring (bicyclic) bond motifs is 1. The van der Waals surface area contributed by atoms with Crippen molar-refractivity contribution in [2.24, 2.45) is 0 Å². The maximum atomic E-state index is 11.8. The Balaban J connectivity index is 2.41. The summed E-state index contributed by atoms with van der Waals surface area (Å²) in [5, 5.41) is 1.08. The maximum Gasteiger partial charge on any atom is 0.338 e. The summed E-state index contributed by atoms with van der Waals surface area (Å²) in [5.41, 5.74) is 2.70. The fourth-order valence-corrected chi connectivity index (χ4v) is 2.16. The van der Waals surface area contributed by atoms with E-state index in [0.717, 1.165) is 29.3 Å². The second-order valence-corrected chi connectivity index (χ2v) is 4.12. The fourth-order valence-electron chi connectivity index (χ4n) is 2.16. The van der Waals surface area contributed by atoms with Crippen LogP contribution >= 0.6 is 0 Å². The number of rotatable bonds is 5. The lowest BCUT2D eigenvalue weighted by molar-refractivity contribution is 0.0599. The Kier molecular flexibility index (Phi) is 3.99. The number of H-pyrrole nitrogens is 1. The van der Waals surface area contributed by atoms with Crippen molar-refractivity contribution in [3.8, 4) is 0 Å². The van der Waals surface area contributed by atoms with Gasteiger partial charge in [0.05, 0.1) is 12.7 Å². The number of carbonyl (C=O) groups excluding carboxylic acids is 1. The molecule has 2 aromatic rings. The van der Waals surface area contributed by atoms with Gasteiger partial charge in [-0.1, -0.05) is 0 Å². The van der Waals surface area contributed by atoms with Crippen molar-refractivity contribution in [1.29, 1.82) is 0 Å². The first-order valence-corrected chi connectivity index (χ1v) is 5.94. The van der Waals surface area contributed by atoms with Crippen molar-refractivity contribution in [1.82, 2.24) is 4.98 Å². The molecule has 18 heavy (non-hydrogen) atoms. The van der Waals surface area contributed by atoms with Gasteiger partial charge in [-0.15, -0.1) is 0 Å². The van der Waals surface area contributed by atoms with Gasteiger partial charge in [0.2, 0.25) is 0 Å². The Hall–Kier alpha value is -1.81. The van der Waals surface area contributed by atoms with Crippen molar-refractivity contribution in [2.45, 2.75) is 12.8 Å². The van der Waals surface area contributed by atoms with Crippen molar-refractivity contribution in [3.05, 3.63) is 35.5 Å². The smallest absolute Gasteiger partial charge is 0.338 e. The molecular formula is C14H17NO3. The summed E-state index contributed by atoms with van der Waals surface area (Å²) >= 11 is 0. The van der Waals surface area contributed by atoms with Gasteiger partial charge in [-0.25, -0.2) is 4.79 Å². The lowest BCUT2D eigenvalue weighted by Gasteiger charge is -2.09. The largest absolute Gasteiger partial charge is 0.465 e. The second-order valence-electron chi connectivity index (χ2n) is 4.12. The van der Waals surface area contributed by atoms with Gasteiger partial charge < -0.3 is 14.5 Å². The first-order chi connectivity index (χ1) is 8.77. The molecule has 0 radical (unpaired) electrons. The van der Waals surface area contributed by atoms with E-state index in [1.165, 1.54) is 7.11 Å². The van der Waals surface area contributed by atoms with Crippen molar-refractivity contribution < 1.29 is 14.3 Å². The van der Waals surface area contributed by atoms with Crippen LogP contribution in [0.5, 0.6) is 0 Å². The van der Waals surface area contributed by atoms with Gasteiger partial charge >= 0.3 is 5.97 Å². The number of carbonyl (C=O) groups is 1. The zero-order valence-corrected chi connectivity index (χ0v) is 10.7. The molecule has 0 fully saturated rings. The van der Waals surface area contributed by atoms with Crippen LogP contribution in [0.3, 0.4) is 0 Å². The van der Waals surface area contributed by atoms with E-state index >= 15 is 0 Å². The molecule has 0 amide bonds. The third-order valence-corrected chi connectivity index (χ3v) is 3.03. The molecule has 0 aliphatic heterocycles. The van der Waals surface area contributed by atoms with Crippen molar-refractivity contribution in [3.63, 3.8) is 0 Å². The number of nitrogens with one attached hydrogen (secondary N) is 1. The van der Waals surface area contributed by atoms with Crippen LogP contribution in [0.2, 0.25) is 0 Å². The highest BCUT2D eigenvalue weighted by Crippen LogP contribution is 2.23. The monoisotopic (exact) mass is 247 g/mol. The molecule has 4 nitrogen and oxygen atoms in total. The number of methoxy groups -OCH3 is 2. The molecule has 0 aliphatic rings. The molecule has 4 heteroatoms. The molecule has 0 unspecified atom stereocenters. The van der Waals surface area contributed by atoms with Gasteiger partial charge in [-0.3, -0.25) is 0 Å².